The summed E-state index contributed by atoms with van der Waals surface area (Å²) in [6, 6.07) is 6.70. The zero-order valence-corrected chi connectivity index (χ0v) is 12.0. The van der Waals surface area contributed by atoms with Crippen LogP contribution < -0.4 is 10.2 Å². The maximum Gasteiger partial charge on any atom is 0.0399 e. The second-order valence-corrected chi connectivity index (χ2v) is 5.36. The molecule has 1 aliphatic carbocycles. The molecule has 100 valence electrons. The highest BCUT2D eigenvalue weighted by Gasteiger charge is 2.20. The maximum absolute atomic E-state index is 3.60. The van der Waals surface area contributed by atoms with Crippen molar-refractivity contribution in [2.45, 2.75) is 39.7 Å². The molecule has 1 aromatic rings. The molecule has 1 aliphatic rings. The molecule has 1 aromatic carbocycles. The fraction of sp³-hybridized carbons (Fsp3) is 0.625. The van der Waals surface area contributed by atoms with Gasteiger partial charge >= 0.3 is 0 Å². The van der Waals surface area contributed by atoms with E-state index in [1.165, 1.54) is 36.2 Å². The molecule has 1 saturated carbocycles. The Bertz CT molecular complexity index is 383. The van der Waals surface area contributed by atoms with Crippen LogP contribution in [0, 0.1) is 5.92 Å². The first kappa shape index (κ1) is 13.4. The minimum atomic E-state index is 0.955. The molecule has 2 nitrogen and oxygen atoms in total. The Kier molecular flexibility index (Phi) is 4.65. The molecule has 1 N–H and O–H groups in total. The molecule has 18 heavy (non-hydrogen) atoms. The highest BCUT2D eigenvalue weighted by Crippen LogP contribution is 2.28. The van der Waals surface area contributed by atoms with E-state index in [2.05, 4.69) is 49.3 Å². The summed E-state index contributed by atoms with van der Waals surface area (Å²) in [5.41, 5.74) is 4.37. The molecule has 2 heteroatoms. The second-order valence-electron chi connectivity index (χ2n) is 5.36. The number of nitrogens with zero attached hydrogens (tertiary/aromatic N) is 1. The van der Waals surface area contributed by atoms with Crippen molar-refractivity contribution in [3.63, 3.8) is 0 Å². The Morgan fingerprint density at radius 2 is 2.06 bits per heavy atom. The van der Waals surface area contributed by atoms with Crippen LogP contribution in [0.4, 0.5) is 5.69 Å². The lowest BCUT2D eigenvalue weighted by Crippen LogP contribution is -2.21. The first-order valence-electron chi connectivity index (χ1n) is 7.28. The summed E-state index contributed by atoms with van der Waals surface area (Å²) >= 11 is 0. The lowest BCUT2D eigenvalue weighted by atomic mass is 10.0. The lowest BCUT2D eigenvalue weighted by molar-refractivity contribution is 0.635. The highest BCUT2D eigenvalue weighted by molar-refractivity contribution is 5.56. The Morgan fingerprint density at radius 3 is 2.67 bits per heavy atom. The summed E-state index contributed by atoms with van der Waals surface area (Å²) in [4.78, 5) is 2.34. The fourth-order valence-corrected chi connectivity index (χ4v) is 2.46. The van der Waals surface area contributed by atoms with Crippen LogP contribution in [0.2, 0.25) is 0 Å². The first-order chi connectivity index (χ1) is 8.76. The number of nitrogens with one attached hydrogen (secondary N) is 1. The normalized spacial score (nSPS) is 14.8. The van der Waals surface area contributed by atoms with E-state index < -0.39 is 0 Å². The highest BCUT2D eigenvalue weighted by atomic mass is 15.1. The summed E-state index contributed by atoms with van der Waals surface area (Å²) in [5.74, 6) is 0.955. The van der Waals surface area contributed by atoms with E-state index in [9.17, 15) is 0 Å². The van der Waals surface area contributed by atoms with Crippen molar-refractivity contribution in [3.05, 3.63) is 29.3 Å². The standard InChI is InChI=1S/C16H26N2/c1-4-15-14(12-17-11-13-9-10-13)7-6-8-16(15)18(3)5-2/h6-8,13,17H,4-5,9-12H2,1-3H3. The second kappa shape index (κ2) is 6.24. The molecular formula is C16H26N2. The van der Waals surface area contributed by atoms with Gasteiger partial charge in [-0.1, -0.05) is 19.1 Å². The van der Waals surface area contributed by atoms with Gasteiger partial charge in [0.25, 0.3) is 0 Å². The van der Waals surface area contributed by atoms with Gasteiger partial charge in [0.05, 0.1) is 0 Å². The van der Waals surface area contributed by atoms with E-state index in [1.807, 2.05) is 0 Å². The van der Waals surface area contributed by atoms with Crippen molar-refractivity contribution < 1.29 is 0 Å². The predicted molar refractivity (Wildman–Crippen MR) is 79.2 cm³/mol. The molecule has 0 aromatic heterocycles. The van der Waals surface area contributed by atoms with Crippen molar-refractivity contribution in [1.82, 2.24) is 5.32 Å². The Hall–Kier alpha value is -1.02. The van der Waals surface area contributed by atoms with Crippen LogP contribution in [0.3, 0.4) is 0 Å². The summed E-state index contributed by atoms with van der Waals surface area (Å²) in [6.45, 7) is 7.73. The van der Waals surface area contributed by atoms with Crippen molar-refractivity contribution in [2.24, 2.45) is 5.92 Å². The van der Waals surface area contributed by atoms with E-state index in [0.29, 0.717) is 0 Å². The zero-order valence-electron chi connectivity index (χ0n) is 12.0. The maximum atomic E-state index is 3.60. The molecule has 0 unspecified atom stereocenters. The van der Waals surface area contributed by atoms with Crippen molar-refractivity contribution in [2.75, 3.05) is 25.0 Å². The van der Waals surface area contributed by atoms with Gasteiger partial charge in [-0.2, -0.15) is 0 Å². The monoisotopic (exact) mass is 246 g/mol. The van der Waals surface area contributed by atoms with Crippen molar-refractivity contribution in [3.8, 4) is 0 Å². The average Bonchev–Trinajstić information content (AvgIpc) is 3.21. The van der Waals surface area contributed by atoms with Gasteiger partial charge in [-0.3, -0.25) is 0 Å². The molecule has 0 saturated heterocycles. The number of hydrogen-bond acceptors (Lipinski definition) is 2. The molecular weight excluding hydrogens is 220 g/mol. The fourth-order valence-electron chi connectivity index (χ4n) is 2.46. The molecule has 0 bridgehead atoms. The van der Waals surface area contributed by atoms with E-state index in [1.54, 1.807) is 0 Å². The minimum absolute atomic E-state index is 0.955. The van der Waals surface area contributed by atoms with Gasteiger partial charge in [0.15, 0.2) is 0 Å². The Morgan fingerprint density at radius 1 is 1.28 bits per heavy atom. The van der Waals surface area contributed by atoms with E-state index in [-0.39, 0.29) is 0 Å². The summed E-state index contributed by atoms with van der Waals surface area (Å²) in [7, 11) is 2.18. The lowest BCUT2D eigenvalue weighted by Gasteiger charge is -2.22. The van der Waals surface area contributed by atoms with Gasteiger partial charge in [-0.05, 0) is 55.8 Å². The number of rotatable bonds is 7. The third-order valence-electron chi connectivity index (χ3n) is 3.93. The molecule has 0 aliphatic heterocycles. The summed E-state index contributed by atoms with van der Waals surface area (Å²) in [5, 5.41) is 3.60. The van der Waals surface area contributed by atoms with Gasteiger partial charge < -0.3 is 10.2 Å². The number of hydrogen-bond donors (Lipinski definition) is 1. The largest absolute Gasteiger partial charge is 0.375 e. The van der Waals surface area contributed by atoms with Gasteiger partial charge in [0.1, 0.15) is 0 Å². The Balaban J connectivity index is 2.06. The number of anilines is 1. The van der Waals surface area contributed by atoms with Crippen LogP contribution in [0.5, 0.6) is 0 Å². The molecule has 0 atom stereocenters. The van der Waals surface area contributed by atoms with Gasteiger partial charge in [-0.25, -0.2) is 0 Å². The van der Waals surface area contributed by atoms with Crippen LogP contribution in [0.25, 0.3) is 0 Å². The summed E-state index contributed by atoms with van der Waals surface area (Å²) in [6.07, 6.45) is 3.96. The molecule has 1 fully saturated rings. The SMILES string of the molecule is CCc1c(CNCC2CC2)cccc1N(C)CC. The molecule has 0 amide bonds. The topological polar surface area (TPSA) is 15.3 Å². The molecule has 0 spiro atoms. The van der Waals surface area contributed by atoms with Crippen molar-refractivity contribution in [1.29, 1.82) is 0 Å². The van der Waals surface area contributed by atoms with Crippen LogP contribution >= 0.6 is 0 Å². The van der Waals surface area contributed by atoms with Gasteiger partial charge in [0.2, 0.25) is 0 Å². The Labute approximate surface area is 111 Å². The van der Waals surface area contributed by atoms with E-state index in [0.717, 1.165) is 25.4 Å². The van der Waals surface area contributed by atoms with Crippen molar-refractivity contribution >= 4 is 5.69 Å². The predicted octanol–water partition coefficient (Wildman–Crippen LogP) is 3.20. The van der Waals surface area contributed by atoms with Crippen LogP contribution in [0.1, 0.15) is 37.8 Å². The average molecular weight is 246 g/mol. The van der Waals surface area contributed by atoms with Crippen LogP contribution in [-0.4, -0.2) is 20.1 Å². The smallest absolute Gasteiger partial charge is 0.0399 e. The number of benzene rings is 1. The summed E-state index contributed by atoms with van der Waals surface area (Å²) < 4.78 is 0. The minimum Gasteiger partial charge on any atom is -0.375 e. The quantitative estimate of drug-likeness (QED) is 0.795. The van der Waals surface area contributed by atoms with E-state index in [4.69, 9.17) is 0 Å². The zero-order chi connectivity index (χ0) is 13.0. The third kappa shape index (κ3) is 3.26. The first-order valence-corrected chi connectivity index (χ1v) is 7.28. The van der Waals surface area contributed by atoms with Crippen LogP contribution in [-0.2, 0) is 13.0 Å². The molecule has 2 rings (SSSR count). The van der Waals surface area contributed by atoms with E-state index >= 15 is 0 Å². The third-order valence-corrected chi connectivity index (χ3v) is 3.93. The molecule has 0 heterocycles. The molecule has 0 radical (unpaired) electrons. The van der Waals surface area contributed by atoms with Gasteiger partial charge in [-0.15, -0.1) is 0 Å². The van der Waals surface area contributed by atoms with Gasteiger partial charge in [0, 0.05) is 25.8 Å². The van der Waals surface area contributed by atoms with Crippen LogP contribution in [0.15, 0.2) is 18.2 Å².